The number of nitrogens with zero attached hydrogens (tertiary/aromatic N) is 8. The molecule has 1 aliphatic carbocycles. The first-order valence-electron chi connectivity index (χ1n) is 37.4. The zero-order valence-electron chi connectivity index (χ0n) is 59.6. The molecule has 109 heavy (non-hydrogen) atoms. The molecule has 0 saturated carbocycles. The number of fused-ring (bicyclic) bond motifs is 22. The molecule has 8 nitrogen and oxygen atoms in total. The Morgan fingerprint density at radius 3 is 1.09 bits per heavy atom. The Morgan fingerprint density at radius 1 is 0.220 bits per heavy atom. The van der Waals surface area contributed by atoms with Gasteiger partial charge in [-0.3, -0.25) is 9.13 Å². The van der Waals surface area contributed by atoms with Gasteiger partial charge in [-0.2, -0.15) is 0 Å². The van der Waals surface area contributed by atoms with Crippen molar-refractivity contribution in [3.05, 3.63) is 363 Å². The van der Waals surface area contributed by atoms with E-state index in [9.17, 15) is 0 Å². The fraction of sp³-hybridized carbons (Fsp3) is 0.0297. The number of aromatic nitrogens is 8. The summed E-state index contributed by atoms with van der Waals surface area (Å²) in [7, 11) is 0. The van der Waals surface area contributed by atoms with Crippen molar-refractivity contribution in [1.82, 2.24) is 38.2 Å². The normalized spacial score (nSPS) is 12.8. The highest BCUT2D eigenvalue weighted by molar-refractivity contribution is 6.21. The van der Waals surface area contributed by atoms with Crippen LogP contribution >= 0.6 is 0 Å². The van der Waals surface area contributed by atoms with Crippen LogP contribution in [0.25, 0.3) is 209 Å². The van der Waals surface area contributed by atoms with E-state index < -0.39 is 0 Å². The summed E-state index contributed by atoms with van der Waals surface area (Å²) in [5.74, 6) is 1.31. The van der Waals surface area contributed by atoms with Crippen LogP contribution in [0.3, 0.4) is 0 Å². The van der Waals surface area contributed by atoms with Crippen molar-refractivity contribution in [3.8, 4) is 56.9 Å². The summed E-state index contributed by atoms with van der Waals surface area (Å²) in [5, 5.41) is 21.4. The van der Waals surface area contributed by atoms with Crippen LogP contribution in [0.2, 0.25) is 0 Å². The van der Waals surface area contributed by atoms with Crippen molar-refractivity contribution < 1.29 is 0 Å². The molecule has 0 aliphatic heterocycles. The van der Waals surface area contributed by atoms with Crippen LogP contribution in [0.4, 0.5) is 0 Å². The Labute approximate surface area is 625 Å². The van der Waals surface area contributed by atoms with Crippen molar-refractivity contribution in [2.45, 2.75) is 19.3 Å². The summed E-state index contributed by atoms with van der Waals surface area (Å²) >= 11 is 0. The second-order valence-electron chi connectivity index (χ2n) is 29.6. The van der Waals surface area contributed by atoms with Crippen LogP contribution in [-0.2, 0) is 5.41 Å². The van der Waals surface area contributed by atoms with Gasteiger partial charge in [-0.15, -0.1) is 0 Å². The highest BCUT2D eigenvalue weighted by Crippen LogP contribution is 2.51. The van der Waals surface area contributed by atoms with Gasteiger partial charge in [-0.05, 0) is 162 Å². The van der Waals surface area contributed by atoms with E-state index in [2.05, 4.69) is 384 Å². The molecule has 0 atom stereocenters. The van der Waals surface area contributed by atoms with Gasteiger partial charge in [-0.25, -0.2) is 19.9 Å². The third-order valence-electron chi connectivity index (χ3n) is 23.4. The Bertz CT molecular complexity index is 7750. The molecule has 0 spiro atoms. The molecule has 0 fully saturated rings. The highest BCUT2D eigenvalue weighted by Gasteiger charge is 2.36. The maximum atomic E-state index is 5.55. The second-order valence-corrected chi connectivity index (χ2v) is 29.6. The molecule has 17 aromatic carbocycles. The van der Waals surface area contributed by atoms with E-state index >= 15 is 0 Å². The first-order chi connectivity index (χ1) is 53.8. The van der Waals surface area contributed by atoms with Crippen molar-refractivity contribution in [1.29, 1.82) is 0 Å². The Kier molecular flexibility index (Phi) is 13.1. The van der Waals surface area contributed by atoms with Gasteiger partial charge in [0, 0.05) is 70.4 Å². The van der Waals surface area contributed by atoms with E-state index in [0.29, 0.717) is 11.9 Å². The van der Waals surface area contributed by atoms with E-state index in [1.807, 2.05) is 0 Å². The van der Waals surface area contributed by atoms with Crippen molar-refractivity contribution in [2.24, 2.45) is 0 Å². The van der Waals surface area contributed by atoms with Gasteiger partial charge in [0.25, 0.3) is 0 Å². The molecule has 0 bridgehead atoms. The number of para-hydroxylation sites is 6. The molecule has 1 aliphatic rings. The van der Waals surface area contributed by atoms with Crippen LogP contribution in [0.1, 0.15) is 25.0 Å². The second kappa shape index (κ2) is 23.3. The van der Waals surface area contributed by atoms with Crippen LogP contribution in [-0.4, -0.2) is 38.2 Å². The first-order valence-corrected chi connectivity index (χ1v) is 37.4. The molecule has 0 saturated heterocycles. The van der Waals surface area contributed by atoms with Crippen molar-refractivity contribution in [2.75, 3.05) is 0 Å². The van der Waals surface area contributed by atoms with E-state index in [-0.39, 0.29) is 5.41 Å². The lowest BCUT2D eigenvalue weighted by atomic mass is 9.82. The number of hydrogen-bond acceptors (Lipinski definition) is 4. The Balaban J connectivity index is 0.000000131. The average molecular weight is 1390 g/mol. The van der Waals surface area contributed by atoms with Gasteiger partial charge in [0.1, 0.15) is 0 Å². The monoisotopic (exact) mass is 1390 g/mol. The van der Waals surface area contributed by atoms with Gasteiger partial charge in [-0.1, -0.05) is 269 Å². The molecular formula is C101H64N8. The zero-order chi connectivity index (χ0) is 71.7. The largest absolute Gasteiger partial charge is 0.309 e. The maximum absolute atomic E-state index is 5.55. The molecule has 6 heterocycles. The Hall–Kier alpha value is -14.3. The topological polar surface area (TPSA) is 71.3 Å². The molecule has 24 rings (SSSR count). The molecular weight excluding hydrogens is 1330 g/mol. The minimum atomic E-state index is -0.120. The third kappa shape index (κ3) is 9.06. The Morgan fingerprint density at radius 2 is 0.587 bits per heavy atom. The molecule has 0 amide bonds. The molecule has 23 aromatic rings. The fourth-order valence-electron chi connectivity index (χ4n) is 18.4. The SMILES string of the molecule is CC1(C)c2ccccc2-c2ccc(-c3nc(-n4c5cc6ccccc6cc5c5c(-n6c7ccccc7c7ccccc76)cccc54)nc4ccccc34)cc21.c1ccc2cc3c(cc2c1)c1c(-n2c4ccccc4c4ccccc42)cccc1n3-c1nc(-c2ccc3ccc4ccccc4c3c2)c2ccccc2n1. The molecule has 8 heteroatoms. The smallest absolute Gasteiger partial charge is 0.235 e. The minimum absolute atomic E-state index is 0.120. The molecule has 0 unspecified atom stereocenters. The van der Waals surface area contributed by atoms with E-state index in [1.54, 1.807) is 0 Å². The maximum Gasteiger partial charge on any atom is 0.235 e. The van der Waals surface area contributed by atoms with Crippen LogP contribution in [0.15, 0.2) is 352 Å². The van der Waals surface area contributed by atoms with Crippen molar-refractivity contribution in [3.63, 3.8) is 0 Å². The lowest BCUT2D eigenvalue weighted by molar-refractivity contribution is 0.660. The van der Waals surface area contributed by atoms with Gasteiger partial charge in [0.15, 0.2) is 0 Å². The van der Waals surface area contributed by atoms with Gasteiger partial charge >= 0.3 is 0 Å². The first kappa shape index (κ1) is 61.0. The van der Waals surface area contributed by atoms with E-state index in [4.69, 9.17) is 19.9 Å². The quantitative estimate of drug-likeness (QED) is 0.156. The summed E-state index contributed by atoms with van der Waals surface area (Å²) < 4.78 is 9.43. The molecule has 508 valence electrons. The van der Waals surface area contributed by atoms with E-state index in [0.717, 1.165) is 83.1 Å². The highest BCUT2D eigenvalue weighted by atomic mass is 15.2. The third-order valence-corrected chi connectivity index (χ3v) is 23.4. The summed E-state index contributed by atoms with van der Waals surface area (Å²) in [6.07, 6.45) is 0. The number of hydrogen-bond donors (Lipinski definition) is 0. The molecule has 6 aromatic heterocycles. The van der Waals surface area contributed by atoms with Gasteiger partial charge in [0.2, 0.25) is 11.9 Å². The standard InChI is InChI=1S/C51H34N4.C50H30N4/c1-51(2)40-20-9-5-16-34(40)35-27-26-33(29-41(35)51)49-38-19-6-10-21-42(38)52-50(53-49)55-46-25-13-24-45(48(46)39-28-31-14-3-4-15-32(31)30-47(39)55)54-43-22-11-7-17-36(43)37-18-8-12-23-44(37)54;1-2-14-34-30-47-41(28-33(34)13-1)48-45(53-43-20-9-6-16-37(43)38-17-7-10-21-44(38)53)22-11-23-46(48)54(47)50-51-42-19-8-5-18-39(42)49(52-50)35-27-26-32-25-24-31-12-3-4-15-36(31)40(32)29-35/h3-30H,1-2H3;1-30H. The molecule has 0 N–H and O–H groups in total. The summed E-state index contributed by atoms with van der Waals surface area (Å²) in [6, 6.07) is 127. The van der Waals surface area contributed by atoms with Crippen LogP contribution in [0.5, 0.6) is 0 Å². The van der Waals surface area contributed by atoms with Crippen LogP contribution in [0, 0.1) is 0 Å². The summed E-state index contributed by atoms with van der Waals surface area (Å²) in [6.45, 7) is 4.67. The van der Waals surface area contributed by atoms with Crippen molar-refractivity contribution >= 4 is 152 Å². The van der Waals surface area contributed by atoms with Crippen LogP contribution < -0.4 is 0 Å². The predicted octanol–water partition coefficient (Wildman–Crippen LogP) is 25.9. The van der Waals surface area contributed by atoms with Gasteiger partial charge < -0.3 is 9.13 Å². The lowest BCUT2D eigenvalue weighted by Crippen LogP contribution is -2.15. The lowest BCUT2D eigenvalue weighted by Gasteiger charge is -2.22. The average Bonchev–Trinajstić information content (AvgIpc) is 1.69. The number of rotatable bonds is 6. The van der Waals surface area contributed by atoms with E-state index in [1.165, 1.54) is 125 Å². The number of benzene rings is 17. The molecule has 0 radical (unpaired) electrons. The van der Waals surface area contributed by atoms with Gasteiger partial charge in [0.05, 0.1) is 77.9 Å². The minimum Gasteiger partial charge on any atom is -0.309 e. The zero-order valence-corrected chi connectivity index (χ0v) is 59.6. The fourth-order valence-corrected chi connectivity index (χ4v) is 18.4. The predicted molar refractivity (Wildman–Crippen MR) is 455 cm³/mol. The summed E-state index contributed by atoms with van der Waals surface area (Å²) in [4.78, 5) is 21.8. The summed E-state index contributed by atoms with van der Waals surface area (Å²) in [5.41, 5.74) is 22.3.